The predicted molar refractivity (Wildman–Crippen MR) is 46.2 cm³/mol. The first-order chi connectivity index (χ1) is 5.38. The molecule has 2 aliphatic rings. The maximum atomic E-state index is 4.24. The summed E-state index contributed by atoms with van der Waals surface area (Å²) in [4.78, 5) is 6.42. The molecule has 0 aliphatic carbocycles. The molecule has 0 radical (unpaired) electrons. The van der Waals surface area contributed by atoms with E-state index in [4.69, 9.17) is 0 Å². The fraction of sp³-hybridized carbons (Fsp3) is 0.222. The van der Waals surface area contributed by atoms with Crippen molar-refractivity contribution in [1.29, 1.82) is 0 Å². The van der Waals surface area contributed by atoms with E-state index in [9.17, 15) is 0 Å². The molecule has 0 saturated carbocycles. The number of allylic oxidation sites excluding steroid dienone is 3. The third kappa shape index (κ3) is 1.00. The number of hydrogen-bond acceptors (Lipinski definition) is 2. The molecule has 0 fully saturated rings. The molecular weight excluding hydrogens is 136 g/mol. The van der Waals surface area contributed by atoms with Crippen molar-refractivity contribution in [2.24, 2.45) is 4.99 Å². The molecule has 0 bridgehead atoms. The summed E-state index contributed by atoms with van der Waals surface area (Å²) in [6.45, 7) is 3.05. The lowest BCUT2D eigenvalue weighted by molar-refractivity contribution is 0.563. The molecule has 0 spiro atoms. The summed E-state index contributed by atoms with van der Waals surface area (Å²) < 4.78 is 0. The Balaban J connectivity index is 2.37. The first-order valence-corrected chi connectivity index (χ1v) is 3.73. The van der Waals surface area contributed by atoms with Crippen LogP contribution in [0, 0.1) is 0 Å². The average molecular weight is 146 g/mol. The standard InChI is InChI=1S/C9H10N2/c1-8-4-2-5-9-10-6-3-7-11(8)9/h2-6H,7H2,1H3. The van der Waals surface area contributed by atoms with E-state index in [1.54, 1.807) is 0 Å². The number of fused-ring (bicyclic) bond motifs is 1. The molecule has 2 aliphatic heterocycles. The van der Waals surface area contributed by atoms with Gasteiger partial charge in [0.1, 0.15) is 5.84 Å². The number of nitrogens with zero attached hydrogens (tertiary/aromatic N) is 2. The quantitative estimate of drug-likeness (QED) is 0.507. The Kier molecular flexibility index (Phi) is 1.39. The second kappa shape index (κ2) is 2.38. The van der Waals surface area contributed by atoms with Gasteiger partial charge in [-0.1, -0.05) is 6.08 Å². The summed E-state index contributed by atoms with van der Waals surface area (Å²) in [5.41, 5.74) is 1.26. The summed E-state index contributed by atoms with van der Waals surface area (Å²) in [5.74, 6) is 1.05. The largest absolute Gasteiger partial charge is 0.327 e. The fourth-order valence-corrected chi connectivity index (χ4v) is 1.27. The van der Waals surface area contributed by atoms with Gasteiger partial charge in [-0.3, -0.25) is 0 Å². The molecule has 2 heteroatoms. The summed E-state index contributed by atoms with van der Waals surface area (Å²) in [6.07, 6.45) is 10.1. The number of amidine groups is 1. The van der Waals surface area contributed by atoms with E-state index < -0.39 is 0 Å². The molecule has 0 atom stereocenters. The lowest BCUT2D eigenvalue weighted by atomic mass is 10.2. The van der Waals surface area contributed by atoms with Crippen LogP contribution in [0.4, 0.5) is 0 Å². The Morgan fingerprint density at radius 2 is 2.45 bits per heavy atom. The Hall–Kier alpha value is -1.31. The summed E-state index contributed by atoms with van der Waals surface area (Å²) in [7, 11) is 0. The van der Waals surface area contributed by atoms with Gasteiger partial charge in [0.05, 0.1) is 0 Å². The van der Waals surface area contributed by atoms with Crippen LogP contribution in [-0.4, -0.2) is 17.3 Å². The molecule has 2 heterocycles. The van der Waals surface area contributed by atoms with Crippen LogP contribution in [0.5, 0.6) is 0 Å². The molecule has 0 unspecified atom stereocenters. The maximum Gasteiger partial charge on any atom is 0.132 e. The van der Waals surface area contributed by atoms with Gasteiger partial charge >= 0.3 is 0 Å². The lowest BCUT2D eigenvalue weighted by Gasteiger charge is -2.27. The zero-order chi connectivity index (χ0) is 7.68. The van der Waals surface area contributed by atoms with Gasteiger partial charge < -0.3 is 4.90 Å². The van der Waals surface area contributed by atoms with Crippen molar-refractivity contribution in [3.05, 3.63) is 36.2 Å². The maximum absolute atomic E-state index is 4.24. The molecule has 0 amide bonds. The van der Waals surface area contributed by atoms with Crippen LogP contribution in [0.3, 0.4) is 0 Å². The van der Waals surface area contributed by atoms with Gasteiger partial charge in [-0.25, -0.2) is 4.99 Å². The zero-order valence-corrected chi connectivity index (χ0v) is 6.49. The SMILES string of the molecule is CC1=CC=CC2=NC=CCN12. The van der Waals surface area contributed by atoms with Crippen molar-refractivity contribution in [2.75, 3.05) is 6.54 Å². The highest BCUT2D eigenvalue weighted by Gasteiger charge is 2.12. The summed E-state index contributed by atoms with van der Waals surface area (Å²) >= 11 is 0. The van der Waals surface area contributed by atoms with E-state index in [0.717, 1.165) is 12.4 Å². The Morgan fingerprint density at radius 3 is 3.27 bits per heavy atom. The molecular formula is C9H10N2. The van der Waals surface area contributed by atoms with Crippen molar-refractivity contribution in [1.82, 2.24) is 4.90 Å². The first-order valence-electron chi connectivity index (χ1n) is 3.73. The van der Waals surface area contributed by atoms with E-state index in [2.05, 4.69) is 29.0 Å². The summed E-state index contributed by atoms with van der Waals surface area (Å²) in [6, 6.07) is 0. The molecule has 0 aromatic heterocycles. The molecule has 0 aromatic carbocycles. The van der Waals surface area contributed by atoms with Gasteiger partial charge in [0.25, 0.3) is 0 Å². The topological polar surface area (TPSA) is 15.6 Å². The minimum Gasteiger partial charge on any atom is -0.327 e. The Bertz CT molecular complexity index is 282. The van der Waals surface area contributed by atoms with E-state index in [1.807, 2.05) is 18.4 Å². The van der Waals surface area contributed by atoms with Crippen molar-refractivity contribution in [2.45, 2.75) is 6.92 Å². The molecule has 2 rings (SSSR count). The first kappa shape index (κ1) is 6.40. The average Bonchev–Trinajstić information content (AvgIpc) is 2.06. The van der Waals surface area contributed by atoms with Crippen molar-refractivity contribution in [3.63, 3.8) is 0 Å². The van der Waals surface area contributed by atoms with Crippen molar-refractivity contribution >= 4 is 5.84 Å². The van der Waals surface area contributed by atoms with E-state index in [0.29, 0.717) is 0 Å². The van der Waals surface area contributed by atoms with E-state index in [1.165, 1.54) is 5.70 Å². The normalized spacial score (nSPS) is 21.0. The highest BCUT2D eigenvalue weighted by Crippen LogP contribution is 2.13. The Morgan fingerprint density at radius 1 is 1.55 bits per heavy atom. The van der Waals surface area contributed by atoms with Gasteiger partial charge in [0.2, 0.25) is 0 Å². The zero-order valence-electron chi connectivity index (χ0n) is 6.49. The smallest absolute Gasteiger partial charge is 0.132 e. The number of aliphatic imine (C=N–C) groups is 1. The fourth-order valence-electron chi connectivity index (χ4n) is 1.27. The Labute approximate surface area is 66.2 Å². The van der Waals surface area contributed by atoms with Gasteiger partial charge in [-0.2, -0.15) is 0 Å². The molecule has 0 N–H and O–H groups in total. The molecule has 56 valence electrons. The molecule has 2 nitrogen and oxygen atoms in total. The molecule has 11 heavy (non-hydrogen) atoms. The third-order valence-electron chi connectivity index (χ3n) is 1.89. The van der Waals surface area contributed by atoms with E-state index in [-0.39, 0.29) is 0 Å². The molecule has 0 aromatic rings. The van der Waals surface area contributed by atoms with Crippen LogP contribution in [-0.2, 0) is 0 Å². The third-order valence-corrected chi connectivity index (χ3v) is 1.89. The monoisotopic (exact) mass is 146 g/mol. The molecule has 0 saturated heterocycles. The second-order valence-electron chi connectivity index (χ2n) is 2.65. The van der Waals surface area contributed by atoms with Crippen molar-refractivity contribution < 1.29 is 0 Å². The highest BCUT2D eigenvalue weighted by atomic mass is 15.2. The van der Waals surface area contributed by atoms with Gasteiger partial charge in [0, 0.05) is 18.4 Å². The van der Waals surface area contributed by atoms with E-state index >= 15 is 0 Å². The summed E-state index contributed by atoms with van der Waals surface area (Å²) in [5, 5.41) is 0. The van der Waals surface area contributed by atoms with Crippen LogP contribution in [0.15, 0.2) is 41.2 Å². The van der Waals surface area contributed by atoms with Gasteiger partial charge in [0.15, 0.2) is 0 Å². The van der Waals surface area contributed by atoms with Crippen LogP contribution in [0.25, 0.3) is 0 Å². The van der Waals surface area contributed by atoms with Gasteiger partial charge in [-0.05, 0) is 25.2 Å². The van der Waals surface area contributed by atoms with Crippen LogP contribution in [0.1, 0.15) is 6.92 Å². The second-order valence-corrected chi connectivity index (χ2v) is 2.65. The van der Waals surface area contributed by atoms with Crippen LogP contribution in [0.2, 0.25) is 0 Å². The number of rotatable bonds is 0. The number of hydrogen-bond donors (Lipinski definition) is 0. The van der Waals surface area contributed by atoms with Gasteiger partial charge in [-0.15, -0.1) is 0 Å². The highest BCUT2D eigenvalue weighted by molar-refractivity contribution is 5.96. The van der Waals surface area contributed by atoms with Crippen LogP contribution >= 0.6 is 0 Å². The minimum atomic E-state index is 0.950. The van der Waals surface area contributed by atoms with Crippen molar-refractivity contribution in [3.8, 4) is 0 Å². The van der Waals surface area contributed by atoms with Crippen LogP contribution < -0.4 is 0 Å². The minimum absolute atomic E-state index is 0.950. The predicted octanol–water partition coefficient (Wildman–Crippen LogP) is 1.69. The lowest BCUT2D eigenvalue weighted by Crippen LogP contribution is -2.31.